The molecule has 0 radical (unpaired) electrons. The number of sulfone groups is 1. The average molecular weight is 320 g/mol. The molecule has 6 heteroatoms. The van der Waals surface area contributed by atoms with Crippen molar-refractivity contribution in [2.24, 2.45) is 0 Å². The van der Waals surface area contributed by atoms with Crippen LogP contribution in [-0.4, -0.2) is 18.6 Å². The van der Waals surface area contributed by atoms with Crippen molar-refractivity contribution in [2.75, 3.05) is 0 Å². The Morgan fingerprint density at radius 1 is 1.23 bits per heavy atom. The van der Waals surface area contributed by atoms with Gasteiger partial charge < -0.3 is 4.52 Å². The third kappa shape index (κ3) is 3.38. The van der Waals surface area contributed by atoms with Crippen LogP contribution in [0.25, 0.3) is 0 Å². The van der Waals surface area contributed by atoms with Crippen LogP contribution in [-0.2, 0) is 15.6 Å². The number of rotatable bonds is 4. The van der Waals surface area contributed by atoms with Gasteiger partial charge in [-0.2, -0.15) is 4.98 Å². The first kappa shape index (κ1) is 15.2. The number of nitrogens with zero attached hydrogens (tertiary/aromatic N) is 2. The van der Waals surface area contributed by atoms with Gasteiger partial charge in [0, 0.05) is 5.92 Å². The van der Waals surface area contributed by atoms with E-state index in [4.69, 9.17) is 4.52 Å². The summed E-state index contributed by atoms with van der Waals surface area (Å²) in [6.45, 7) is 1.87. The molecule has 2 aromatic rings. The van der Waals surface area contributed by atoms with E-state index in [2.05, 4.69) is 10.1 Å². The molecular formula is C16H20N2O3S. The fourth-order valence-corrected chi connectivity index (χ4v) is 4.18. The Kier molecular flexibility index (Phi) is 4.29. The SMILES string of the molecule is Cc1cccc(S(=O)(=O)Cc2noc(C3CCCCC3)n2)c1. The van der Waals surface area contributed by atoms with E-state index in [1.807, 2.05) is 13.0 Å². The molecule has 0 spiro atoms. The third-order valence-corrected chi connectivity index (χ3v) is 5.72. The van der Waals surface area contributed by atoms with Crippen LogP contribution >= 0.6 is 0 Å². The van der Waals surface area contributed by atoms with Crippen molar-refractivity contribution in [2.45, 2.75) is 55.6 Å². The number of hydrogen-bond donors (Lipinski definition) is 0. The maximum Gasteiger partial charge on any atom is 0.229 e. The zero-order valence-electron chi connectivity index (χ0n) is 12.7. The number of benzene rings is 1. The maximum absolute atomic E-state index is 12.4. The predicted octanol–water partition coefficient (Wildman–Crippen LogP) is 3.40. The molecule has 1 saturated carbocycles. The summed E-state index contributed by atoms with van der Waals surface area (Å²) in [6, 6.07) is 6.88. The van der Waals surface area contributed by atoms with Crippen LogP contribution in [0.2, 0.25) is 0 Å². The normalized spacial score (nSPS) is 16.8. The van der Waals surface area contributed by atoms with Gasteiger partial charge in [0.05, 0.1) is 4.90 Å². The lowest BCUT2D eigenvalue weighted by atomic mass is 9.89. The molecular weight excluding hydrogens is 300 g/mol. The van der Waals surface area contributed by atoms with Crippen molar-refractivity contribution in [1.29, 1.82) is 0 Å². The first-order valence-corrected chi connectivity index (χ1v) is 9.32. The lowest BCUT2D eigenvalue weighted by Gasteiger charge is -2.17. The van der Waals surface area contributed by atoms with Crippen molar-refractivity contribution in [3.63, 3.8) is 0 Å². The van der Waals surface area contributed by atoms with Crippen LogP contribution in [0.5, 0.6) is 0 Å². The summed E-state index contributed by atoms with van der Waals surface area (Å²) >= 11 is 0. The second-order valence-electron chi connectivity index (χ2n) is 5.96. The van der Waals surface area contributed by atoms with Gasteiger partial charge in [0.15, 0.2) is 15.7 Å². The lowest BCUT2D eigenvalue weighted by molar-refractivity contribution is 0.312. The average Bonchev–Trinajstić information content (AvgIpc) is 2.96. The highest BCUT2D eigenvalue weighted by atomic mass is 32.2. The predicted molar refractivity (Wildman–Crippen MR) is 82.2 cm³/mol. The quantitative estimate of drug-likeness (QED) is 0.863. The fraction of sp³-hybridized carbons (Fsp3) is 0.500. The van der Waals surface area contributed by atoms with Crippen molar-refractivity contribution in [1.82, 2.24) is 10.1 Å². The summed E-state index contributed by atoms with van der Waals surface area (Å²) in [7, 11) is -3.44. The van der Waals surface area contributed by atoms with Crippen LogP contribution in [0.15, 0.2) is 33.7 Å². The largest absolute Gasteiger partial charge is 0.339 e. The standard InChI is InChI=1S/C16H20N2O3S/c1-12-6-5-9-14(10-12)22(19,20)11-15-17-16(21-18-15)13-7-3-2-4-8-13/h5-6,9-10,13H,2-4,7-8,11H2,1H3. The van der Waals surface area contributed by atoms with E-state index in [1.54, 1.807) is 18.2 Å². The Hall–Kier alpha value is -1.69. The van der Waals surface area contributed by atoms with Crippen LogP contribution in [0.1, 0.15) is 55.3 Å². The first-order chi connectivity index (χ1) is 10.5. The Labute approximate surface area is 130 Å². The van der Waals surface area contributed by atoms with Gasteiger partial charge in [-0.3, -0.25) is 0 Å². The number of aryl methyl sites for hydroxylation is 1. The summed E-state index contributed by atoms with van der Waals surface area (Å²) in [6.07, 6.45) is 5.69. The molecule has 5 nitrogen and oxygen atoms in total. The van der Waals surface area contributed by atoms with Gasteiger partial charge in [-0.05, 0) is 37.5 Å². The van der Waals surface area contributed by atoms with Crippen LogP contribution in [0.3, 0.4) is 0 Å². The van der Waals surface area contributed by atoms with Gasteiger partial charge in [-0.25, -0.2) is 8.42 Å². The van der Waals surface area contributed by atoms with Gasteiger partial charge >= 0.3 is 0 Å². The van der Waals surface area contributed by atoms with Crippen LogP contribution in [0, 0.1) is 6.92 Å². The van der Waals surface area contributed by atoms with E-state index < -0.39 is 9.84 Å². The van der Waals surface area contributed by atoms with Crippen LogP contribution in [0.4, 0.5) is 0 Å². The molecule has 0 amide bonds. The van der Waals surface area contributed by atoms with Gasteiger partial charge in [0.1, 0.15) is 5.75 Å². The zero-order chi connectivity index (χ0) is 15.6. The minimum atomic E-state index is -3.44. The molecule has 118 valence electrons. The molecule has 22 heavy (non-hydrogen) atoms. The van der Waals surface area contributed by atoms with E-state index in [9.17, 15) is 8.42 Å². The minimum Gasteiger partial charge on any atom is -0.339 e. The van der Waals surface area contributed by atoms with Gasteiger partial charge in [-0.15, -0.1) is 0 Å². The molecule has 1 aromatic heterocycles. The van der Waals surface area contributed by atoms with Crippen LogP contribution < -0.4 is 0 Å². The molecule has 1 aromatic carbocycles. The van der Waals surface area contributed by atoms with E-state index in [0.29, 0.717) is 10.8 Å². The zero-order valence-corrected chi connectivity index (χ0v) is 13.5. The maximum atomic E-state index is 12.4. The van der Waals surface area contributed by atoms with E-state index in [-0.39, 0.29) is 17.5 Å². The van der Waals surface area contributed by atoms with Crippen molar-refractivity contribution in [3.8, 4) is 0 Å². The molecule has 0 N–H and O–H groups in total. The molecule has 0 bridgehead atoms. The fourth-order valence-electron chi connectivity index (χ4n) is 2.90. The molecule has 0 atom stereocenters. The number of aromatic nitrogens is 2. The molecule has 1 aliphatic rings. The third-order valence-electron chi connectivity index (χ3n) is 4.11. The second kappa shape index (κ2) is 6.20. The van der Waals surface area contributed by atoms with Crippen molar-refractivity contribution >= 4 is 9.84 Å². The Balaban J connectivity index is 1.76. The monoisotopic (exact) mass is 320 g/mol. The molecule has 1 heterocycles. The molecule has 1 fully saturated rings. The first-order valence-electron chi connectivity index (χ1n) is 7.66. The van der Waals surface area contributed by atoms with E-state index >= 15 is 0 Å². The Morgan fingerprint density at radius 2 is 2.00 bits per heavy atom. The second-order valence-corrected chi connectivity index (χ2v) is 7.95. The highest BCUT2D eigenvalue weighted by Crippen LogP contribution is 2.31. The summed E-state index contributed by atoms with van der Waals surface area (Å²) in [5, 5.41) is 3.86. The Morgan fingerprint density at radius 3 is 2.73 bits per heavy atom. The van der Waals surface area contributed by atoms with E-state index in [0.717, 1.165) is 18.4 Å². The molecule has 0 saturated heterocycles. The molecule has 3 rings (SSSR count). The summed E-state index contributed by atoms with van der Waals surface area (Å²) < 4.78 is 30.1. The summed E-state index contributed by atoms with van der Waals surface area (Å²) in [5.41, 5.74) is 0.914. The van der Waals surface area contributed by atoms with Crippen molar-refractivity contribution < 1.29 is 12.9 Å². The molecule has 0 aliphatic heterocycles. The highest BCUT2D eigenvalue weighted by Gasteiger charge is 2.24. The van der Waals surface area contributed by atoms with Gasteiger partial charge in [0.25, 0.3) is 0 Å². The van der Waals surface area contributed by atoms with Gasteiger partial charge in [0.2, 0.25) is 5.89 Å². The summed E-state index contributed by atoms with van der Waals surface area (Å²) in [5.74, 6) is 0.917. The number of hydrogen-bond acceptors (Lipinski definition) is 5. The smallest absolute Gasteiger partial charge is 0.229 e. The van der Waals surface area contributed by atoms with Gasteiger partial charge in [-0.1, -0.05) is 36.6 Å². The van der Waals surface area contributed by atoms with E-state index in [1.165, 1.54) is 19.3 Å². The topological polar surface area (TPSA) is 73.1 Å². The highest BCUT2D eigenvalue weighted by molar-refractivity contribution is 7.90. The molecule has 1 aliphatic carbocycles. The van der Waals surface area contributed by atoms with Crippen molar-refractivity contribution in [3.05, 3.63) is 41.5 Å². The molecule has 0 unspecified atom stereocenters. The minimum absolute atomic E-state index is 0.216. The summed E-state index contributed by atoms with van der Waals surface area (Å²) in [4.78, 5) is 4.61. The Bertz CT molecular complexity index is 746. The lowest BCUT2D eigenvalue weighted by Crippen LogP contribution is -2.08.